The van der Waals surface area contributed by atoms with Gasteiger partial charge >= 0.3 is 0 Å². The molecule has 0 aromatic heterocycles. The van der Waals surface area contributed by atoms with E-state index in [-0.39, 0.29) is 5.88 Å². The average Bonchev–Trinajstić information content (AvgIpc) is 2.03. The van der Waals surface area contributed by atoms with Crippen molar-refractivity contribution in [2.24, 2.45) is 0 Å². The van der Waals surface area contributed by atoms with Crippen molar-refractivity contribution in [1.29, 1.82) is 0 Å². The van der Waals surface area contributed by atoms with E-state index in [1.54, 1.807) is 12.1 Å². The van der Waals surface area contributed by atoms with Crippen molar-refractivity contribution in [2.75, 3.05) is 0 Å². The van der Waals surface area contributed by atoms with E-state index >= 15 is 0 Å². The molecule has 1 nitrogen and oxygen atoms in total. The van der Waals surface area contributed by atoms with Crippen LogP contribution in [-0.4, -0.2) is 5.24 Å². The van der Waals surface area contributed by atoms with Crippen molar-refractivity contribution in [3.05, 3.63) is 33.8 Å². The average molecular weight is 268 g/mol. The van der Waals surface area contributed by atoms with Crippen molar-refractivity contribution in [3.8, 4) is 0 Å². The molecule has 64 valence electrons. The summed E-state index contributed by atoms with van der Waals surface area (Å²) in [5.74, 6) is 0.273. The van der Waals surface area contributed by atoms with Gasteiger partial charge in [-0.05, 0) is 29.3 Å². The first-order valence-corrected chi connectivity index (χ1v) is 4.90. The summed E-state index contributed by atoms with van der Waals surface area (Å²) in [6, 6.07) is 5.22. The highest BCUT2D eigenvalue weighted by Crippen LogP contribution is 2.23. The Balaban J connectivity index is 3.27. The van der Waals surface area contributed by atoms with Crippen LogP contribution in [0.25, 0.3) is 0 Å². The SMILES string of the molecule is O=C(Cl)c1cccc(Br)c1CCl. The van der Waals surface area contributed by atoms with Gasteiger partial charge in [0.1, 0.15) is 0 Å². The van der Waals surface area contributed by atoms with Crippen LogP contribution in [0.5, 0.6) is 0 Å². The number of halogens is 3. The maximum Gasteiger partial charge on any atom is 0.252 e. The lowest BCUT2D eigenvalue weighted by Crippen LogP contribution is -1.95. The van der Waals surface area contributed by atoms with Crippen LogP contribution >= 0.6 is 39.1 Å². The van der Waals surface area contributed by atoms with E-state index < -0.39 is 5.24 Å². The number of carbonyl (C=O) groups is 1. The van der Waals surface area contributed by atoms with Crippen molar-refractivity contribution >= 4 is 44.4 Å². The molecule has 1 aromatic rings. The van der Waals surface area contributed by atoms with E-state index in [9.17, 15) is 4.79 Å². The number of hydrogen-bond donors (Lipinski definition) is 0. The second kappa shape index (κ2) is 4.26. The summed E-state index contributed by atoms with van der Waals surface area (Å²) in [5.41, 5.74) is 1.19. The number of benzene rings is 1. The highest BCUT2D eigenvalue weighted by molar-refractivity contribution is 9.10. The van der Waals surface area contributed by atoms with Gasteiger partial charge in [0, 0.05) is 15.9 Å². The van der Waals surface area contributed by atoms with E-state index in [1.807, 2.05) is 6.07 Å². The normalized spacial score (nSPS) is 9.92. The second-order valence-corrected chi connectivity index (χ2v) is 3.64. The highest BCUT2D eigenvalue weighted by Gasteiger charge is 2.09. The molecule has 0 aliphatic carbocycles. The summed E-state index contributed by atoms with van der Waals surface area (Å²) in [6.45, 7) is 0. The maximum absolute atomic E-state index is 10.9. The molecule has 0 bridgehead atoms. The molecule has 0 saturated carbocycles. The van der Waals surface area contributed by atoms with Gasteiger partial charge in [-0.25, -0.2) is 0 Å². The molecule has 0 heterocycles. The van der Waals surface area contributed by atoms with Gasteiger partial charge in [-0.1, -0.05) is 22.0 Å². The van der Waals surface area contributed by atoms with Crippen LogP contribution in [0.2, 0.25) is 0 Å². The van der Waals surface area contributed by atoms with Crippen LogP contribution in [0.15, 0.2) is 22.7 Å². The van der Waals surface area contributed by atoms with Gasteiger partial charge in [-0.3, -0.25) is 4.79 Å². The molecule has 0 spiro atoms. The minimum absolute atomic E-state index is 0.273. The quantitative estimate of drug-likeness (QED) is 0.592. The highest BCUT2D eigenvalue weighted by atomic mass is 79.9. The molecule has 0 amide bonds. The molecule has 12 heavy (non-hydrogen) atoms. The predicted molar refractivity (Wildman–Crippen MR) is 53.9 cm³/mol. The van der Waals surface area contributed by atoms with Crippen molar-refractivity contribution in [3.63, 3.8) is 0 Å². The monoisotopic (exact) mass is 266 g/mol. The smallest absolute Gasteiger partial charge is 0.252 e. The van der Waals surface area contributed by atoms with Gasteiger partial charge in [0.2, 0.25) is 0 Å². The van der Waals surface area contributed by atoms with Crippen LogP contribution in [0.3, 0.4) is 0 Å². The first-order chi connectivity index (χ1) is 5.66. The van der Waals surface area contributed by atoms with Gasteiger partial charge in [0.05, 0.1) is 0 Å². The lowest BCUT2D eigenvalue weighted by Gasteiger charge is -2.03. The molecule has 0 atom stereocenters. The summed E-state index contributed by atoms with van der Waals surface area (Å²) in [6.07, 6.45) is 0. The van der Waals surface area contributed by atoms with E-state index in [2.05, 4.69) is 15.9 Å². The Morgan fingerprint density at radius 2 is 2.17 bits per heavy atom. The van der Waals surface area contributed by atoms with Gasteiger partial charge in [-0.2, -0.15) is 0 Å². The Morgan fingerprint density at radius 1 is 1.50 bits per heavy atom. The Hall–Kier alpha value is -0.0500. The molecule has 0 fully saturated rings. The minimum atomic E-state index is -0.480. The third-order valence-electron chi connectivity index (χ3n) is 1.46. The van der Waals surface area contributed by atoms with Crippen molar-refractivity contribution in [2.45, 2.75) is 5.88 Å². The Kier molecular flexibility index (Phi) is 3.56. The van der Waals surface area contributed by atoms with Crippen molar-refractivity contribution < 1.29 is 4.79 Å². The predicted octanol–water partition coefficient (Wildman–Crippen LogP) is 3.57. The summed E-state index contributed by atoms with van der Waals surface area (Å²) < 4.78 is 0.809. The molecule has 0 N–H and O–H groups in total. The molecule has 0 aliphatic heterocycles. The van der Waals surface area contributed by atoms with Crippen LogP contribution in [0.1, 0.15) is 15.9 Å². The van der Waals surface area contributed by atoms with E-state index in [0.717, 1.165) is 10.0 Å². The summed E-state index contributed by atoms with van der Waals surface area (Å²) in [5, 5.41) is -0.480. The van der Waals surface area contributed by atoms with Crippen LogP contribution in [0.4, 0.5) is 0 Å². The van der Waals surface area contributed by atoms with Crippen LogP contribution in [0, 0.1) is 0 Å². The first-order valence-electron chi connectivity index (χ1n) is 3.20. The summed E-state index contributed by atoms with van der Waals surface area (Å²) >= 11 is 14.3. The topological polar surface area (TPSA) is 17.1 Å². The van der Waals surface area contributed by atoms with Gasteiger partial charge < -0.3 is 0 Å². The molecule has 0 radical (unpaired) electrons. The summed E-state index contributed by atoms with van der Waals surface area (Å²) in [7, 11) is 0. The summed E-state index contributed by atoms with van der Waals surface area (Å²) in [4.78, 5) is 10.9. The van der Waals surface area contributed by atoms with Gasteiger partial charge in [0.25, 0.3) is 5.24 Å². The first kappa shape index (κ1) is 10.0. The molecule has 0 unspecified atom stereocenters. The molecule has 0 saturated heterocycles. The molecular formula is C8H5BrCl2O. The third kappa shape index (κ3) is 2.00. The van der Waals surface area contributed by atoms with Gasteiger partial charge in [-0.15, -0.1) is 11.6 Å². The molecule has 1 aromatic carbocycles. The third-order valence-corrected chi connectivity index (χ3v) is 2.68. The minimum Gasteiger partial charge on any atom is -0.276 e. The zero-order valence-corrected chi connectivity index (χ0v) is 9.08. The van der Waals surface area contributed by atoms with Crippen molar-refractivity contribution in [1.82, 2.24) is 0 Å². The van der Waals surface area contributed by atoms with Crippen LogP contribution in [-0.2, 0) is 5.88 Å². The number of rotatable bonds is 2. The Labute approximate surface area is 88.8 Å². The second-order valence-electron chi connectivity index (χ2n) is 2.17. The lowest BCUT2D eigenvalue weighted by molar-refractivity contribution is 0.108. The fourth-order valence-electron chi connectivity index (χ4n) is 0.879. The molecule has 0 aliphatic rings. The number of carbonyl (C=O) groups excluding carboxylic acids is 1. The molecule has 4 heteroatoms. The zero-order chi connectivity index (χ0) is 9.14. The number of alkyl halides is 1. The fraction of sp³-hybridized carbons (Fsp3) is 0.125. The van der Waals surface area contributed by atoms with Gasteiger partial charge in [0.15, 0.2) is 0 Å². The Bertz CT molecular complexity index is 312. The van der Waals surface area contributed by atoms with E-state index in [4.69, 9.17) is 23.2 Å². The fourth-order valence-corrected chi connectivity index (χ4v) is 2.01. The van der Waals surface area contributed by atoms with E-state index in [0.29, 0.717) is 5.56 Å². The van der Waals surface area contributed by atoms with E-state index in [1.165, 1.54) is 0 Å². The molecule has 1 rings (SSSR count). The number of hydrogen-bond acceptors (Lipinski definition) is 1. The van der Waals surface area contributed by atoms with Crippen LogP contribution < -0.4 is 0 Å². The Morgan fingerprint density at radius 3 is 2.58 bits per heavy atom. The zero-order valence-electron chi connectivity index (χ0n) is 5.98. The maximum atomic E-state index is 10.9. The lowest BCUT2D eigenvalue weighted by atomic mass is 10.1. The molecular weight excluding hydrogens is 263 g/mol. The largest absolute Gasteiger partial charge is 0.276 e. The standard InChI is InChI=1S/C8H5BrCl2O/c9-7-3-1-2-5(8(11)12)6(7)4-10/h1-3H,4H2.